The van der Waals surface area contributed by atoms with E-state index in [9.17, 15) is 4.39 Å². The lowest BCUT2D eigenvalue weighted by atomic mass is 10.2. The summed E-state index contributed by atoms with van der Waals surface area (Å²) in [6.45, 7) is 1.23. The fourth-order valence-corrected chi connectivity index (χ4v) is 2.64. The van der Waals surface area contributed by atoms with Gasteiger partial charge in [-0.05, 0) is 48.0 Å². The molecule has 0 fully saturated rings. The number of methoxy groups -OCH3 is 1. The Morgan fingerprint density at radius 3 is 2.54 bits per heavy atom. The van der Waals surface area contributed by atoms with Crippen molar-refractivity contribution in [2.75, 3.05) is 7.11 Å². The summed E-state index contributed by atoms with van der Waals surface area (Å²) in [5.74, 6) is 1.97. The minimum absolute atomic E-state index is 0.229. The molecule has 1 N–H and O–H groups in total. The van der Waals surface area contributed by atoms with Crippen LogP contribution in [0.4, 0.5) is 4.39 Å². The van der Waals surface area contributed by atoms with Crippen molar-refractivity contribution in [2.24, 2.45) is 0 Å². The van der Waals surface area contributed by atoms with Crippen LogP contribution in [0.2, 0.25) is 5.02 Å². The Balaban J connectivity index is 1.61. The summed E-state index contributed by atoms with van der Waals surface area (Å²) < 4.78 is 23.8. The van der Waals surface area contributed by atoms with Crippen LogP contribution >= 0.6 is 11.6 Å². The van der Waals surface area contributed by atoms with Gasteiger partial charge in [-0.15, -0.1) is 0 Å². The number of hydrogen-bond acceptors (Lipinski definition) is 3. The highest BCUT2D eigenvalue weighted by Crippen LogP contribution is 2.31. The number of ether oxygens (including phenoxy) is 1. The third-order valence-corrected chi connectivity index (χ3v) is 3.93. The van der Waals surface area contributed by atoms with Crippen molar-refractivity contribution in [1.29, 1.82) is 0 Å². The van der Waals surface area contributed by atoms with Crippen molar-refractivity contribution < 1.29 is 13.5 Å². The van der Waals surface area contributed by atoms with E-state index in [2.05, 4.69) is 5.32 Å². The van der Waals surface area contributed by atoms with Crippen molar-refractivity contribution >= 4 is 11.6 Å². The molecule has 0 amide bonds. The maximum atomic E-state index is 12.9. The van der Waals surface area contributed by atoms with Crippen LogP contribution in [0, 0.1) is 5.82 Å². The Labute approximate surface area is 145 Å². The van der Waals surface area contributed by atoms with Gasteiger partial charge < -0.3 is 14.5 Å². The van der Waals surface area contributed by atoms with Crippen LogP contribution in [0.15, 0.2) is 59.0 Å². The van der Waals surface area contributed by atoms with Gasteiger partial charge in [-0.3, -0.25) is 0 Å². The molecular weight excluding hydrogens is 329 g/mol. The number of benzene rings is 2. The van der Waals surface area contributed by atoms with Crippen molar-refractivity contribution in [3.8, 4) is 17.1 Å². The number of nitrogens with one attached hydrogen (secondary N) is 1. The lowest BCUT2D eigenvalue weighted by molar-refractivity contribution is 0.415. The first kappa shape index (κ1) is 16.6. The molecule has 124 valence electrons. The normalized spacial score (nSPS) is 10.8. The van der Waals surface area contributed by atoms with Crippen LogP contribution in [0.3, 0.4) is 0 Å². The summed E-state index contributed by atoms with van der Waals surface area (Å²) in [7, 11) is 1.58. The zero-order valence-electron chi connectivity index (χ0n) is 13.2. The molecule has 3 nitrogen and oxygen atoms in total. The quantitative estimate of drug-likeness (QED) is 0.679. The van der Waals surface area contributed by atoms with Crippen LogP contribution in [0.25, 0.3) is 11.3 Å². The molecule has 0 aliphatic heterocycles. The topological polar surface area (TPSA) is 34.4 Å². The average Bonchev–Trinajstić information content (AvgIpc) is 3.05. The van der Waals surface area contributed by atoms with E-state index in [1.807, 2.05) is 30.3 Å². The van der Waals surface area contributed by atoms with Gasteiger partial charge in [0.25, 0.3) is 0 Å². The lowest BCUT2D eigenvalue weighted by Crippen LogP contribution is -2.11. The van der Waals surface area contributed by atoms with Crippen molar-refractivity contribution in [2.45, 2.75) is 13.1 Å². The molecule has 0 saturated heterocycles. The second-order valence-electron chi connectivity index (χ2n) is 5.35. The van der Waals surface area contributed by atoms with E-state index in [0.29, 0.717) is 23.9 Å². The van der Waals surface area contributed by atoms with Gasteiger partial charge >= 0.3 is 0 Å². The number of hydrogen-bond donors (Lipinski definition) is 1. The minimum Gasteiger partial charge on any atom is -0.495 e. The minimum atomic E-state index is -0.229. The Morgan fingerprint density at radius 2 is 1.83 bits per heavy atom. The van der Waals surface area contributed by atoms with E-state index < -0.39 is 0 Å². The highest BCUT2D eigenvalue weighted by atomic mass is 35.5. The summed E-state index contributed by atoms with van der Waals surface area (Å²) >= 11 is 6.14. The van der Waals surface area contributed by atoms with Crippen LogP contribution in [-0.4, -0.2) is 7.11 Å². The van der Waals surface area contributed by atoms with Crippen LogP contribution in [-0.2, 0) is 13.1 Å². The molecule has 0 spiro atoms. The number of halogens is 2. The van der Waals surface area contributed by atoms with E-state index >= 15 is 0 Å². The zero-order chi connectivity index (χ0) is 16.9. The van der Waals surface area contributed by atoms with Gasteiger partial charge in [-0.1, -0.05) is 23.7 Å². The SMILES string of the molecule is COc1ccc(-c2ccc(CNCc3ccc(F)cc3)o2)cc1Cl. The van der Waals surface area contributed by atoms with Crippen LogP contribution in [0.1, 0.15) is 11.3 Å². The summed E-state index contributed by atoms with van der Waals surface area (Å²) in [6, 6.07) is 15.8. The monoisotopic (exact) mass is 345 g/mol. The van der Waals surface area contributed by atoms with Gasteiger partial charge in [0.1, 0.15) is 23.1 Å². The predicted molar refractivity (Wildman–Crippen MR) is 92.6 cm³/mol. The second-order valence-corrected chi connectivity index (χ2v) is 5.75. The Morgan fingerprint density at radius 1 is 1.04 bits per heavy atom. The smallest absolute Gasteiger partial charge is 0.137 e. The summed E-state index contributed by atoms with van der Waals surface area (Å²) in [5.41, 5.74) is 1.91. The first-order valence-electron chi connectivity index (χ1n) is 7.53. The van der Waals surface area contributed by atoms with Gasteiger partial charge in [0.05, 0.1) is 18.7 Å². The van der Waals surface area contributed by atoms with E-state index in [1.165, 1.54) is 12.1 Å². The summed E-state index contributed by atoms with van der Waals surface area (Å²) in [6.07, 6.45) is 0. The third-order valence-electron chi connectivity index (χ3n) is 3.64. The zero-order valence-corrected chi connectivity index (χ0v) is 13.9. The molecule has 0 aliphatic carbocycles. The molecule has 0 radical (unpaired) electrons. The molecule has 0 bridgehead atoms. The predicted octanol–water partition coefficient (Wildman–Crippen LogP) is 5.04. The van der Waals surface area contributed by atoms with Gasteiger partial charge in [0.2, 0.25) is 0 Å². The molecule has 1 aromatic heterocycles. The van der Waals surface area contributed by atoms with Gasteiger partial charge in [-0.25, -0.2) is 4.39 Å². The Bertz CT molecular complexity index is 814. The molecule has 0 unspecified atom stereocenters. The number of rotatable bonds is 6. The molecule has 0 atom stereocenters. The fourth-order valence-electron chi connectivity index (χ4n) is 2.38. The molecular formula is C19H17ClFNO2. The third kappa shape index (κ3) is 3.96. The second kappa shape index (κ2) is 7.51. The van der Waals surface area contributed by atoms with Crippen LogP contribution < -0.4 is 10.1 Å². The van der Waals surface area contributed by atoms with Gasteiger partial charge in [0, 0.05) is 12.1 Å². The molecule has 3 rings (SSSR count). The first-order valence-corrected chi connectivity index (χ1v) is 7.91. The molecule has 5 heteroatoms. The summed E-state index contributed by atoms with van der Waals surface area (Å²) in [5, 5.41) is 3.81. The van der Waals surface area contributed by atoms with Crippen molar-refractivity contribution in [3.05, 3.63) is 76.8 Å². The molecule has 3 aromatic rings. The highest BCUT2D eigenvalue weighted by molar-refractivity contribution is 6.32. The van der Waals surface area contributed by atoms with Crippen LogP contribution in [0.5, 0.6) is 5.75 Å². The fraction of sp³-hybridized carbons (Fsp3) is 0.158. The largest absolute Gasteiger partial charge is 0.495 e. The Hall–Kier alpha value is -2.30. The molecule has 0 saturated carbocycles. The van der Waals surface area contributed by atoms with Crippen molar-refractivity contribution in [3.63, 3.8) is 0 Å². The van der Waals surface area contributed by atoms with E-state index in [4.69, 9.17) is 20.8 Å². The highest BCUT2D eigenvalue weighted by Gasteiger charge is 2.08. The van der Waals surface area contributed by atoms with E-state index in [-0.39, 0.29) is 5.82 Å². The standard InChI is InChI=1S/C19H17ClFNO2/c1-23-19-8-4-14(10-17(19)20)18-9-7-16(24-18)12-22-11-13-2-5-15(21)6-3-13/h2-10,22H,11-12H2,1H3. The molecule has 1 heterocycles. The Kier molecular flexibility index (Phi) is 5.18. The van der Waals surface area contributed by atoms with Crippen molar-refractivity contribution in [1.82, 2.24) is 5.32 Å². The van der Waals surface area contributed by atoms with E-state index in [0.717, 1.165) is 22.6 Å². The first-order chi connectivity index (χ1) is 11.7. The lowest BCUT2D eigenvalue weighted by Gasteiger charge is -2.05. The molecule has 0 aliphatic rings. The molecule has 24 heavy (non-hydrogen) atoms. The maximum Gasteiger partial charge on any atom is 0.137 e. The summed E-state index contributed by atoms with van der Waals surface area (Å²) in [4.78, 5) is 0. The molecule has 2 aromatic carbocycles. The van der Waals surface area contributed by atoms with Gasteiger partial charge in [0.15, 0.2) is 0 Å². The number of furan rings is 1. The average molecular weight is 346 g/mol. The maximum absolute atomic E-state index is 12.9. The van der Waals surface area contributed by atoms with Gasteiger partial charge in [-0.2, -0.15) is 0 Å². The van der Waals surface area contributed by atoms with E-state index in [1.54, 1.807) is 19.2 Å².